The van der Waals surface area contributed by atoms with Gasteiger partial charge in [-0.15, -0.1) is 0 Å². The number of nitrogens with zero attached hydrogens (tertiary/aromatic N) is 2. The maximum atomic E-state index is 9.54. The fraction of sp³-hybridized carbons (Fsp3) is 0.0667. The molecule has 0 amide bonds. The van der Waals surface area contributed by atoms with Crippen molar-refractivity contribution in [2.24, 2.45) is 5.73 Å². The molecule has 98 valence electrons. The first-order valence-electron chi connectivity index (χ1n) is 6.01. The van der Waals surface area contributed by atoms with E-state index in [0.717, 1.165) is 11.1 Å². The topological polar surface area (TPSA) is 92.2 Å². The lowest BCUT2D eigenvalue weighted by Crippen LogP contribution is -2.21. The molecule has 0 aliphatic carbocycles. The Bertz CT molecular complexity index is 733. The van der Waals surface area contributed by atoms with Crippen LogP contribution in [0, 0.1) is 11.3 Å². The predicted molar refractivity (Wildman–Crippen MR) is 71.6 cm³/mol. The van der Waals surface area contributed by atoms with Gasteiger partial charge in [0.05, 0.1) is 5.92 Å². The zero-order chi connectivity index (χ0) is 14.1. The van der Waals surface area contributed by atoms with Gasteiger partial charge < -0.3 is 15.6 Å². The minimum atomic E-state index is -0.335. The number of pyridine rings is 1. The van der Waals surface area contributed by atoms with Crippen molar-refractivity contribution in [2.45, 2.75) is 5.92 Å². The van der Waals surface area contributed by atoms with Crippen LogP contribution in [-0.2, 0) is 0 Å². The van der Waals surface area contributed by atoms with E-state index in [0.29, 0.717) is 11.3 Å². The van der Waals surface area contributed by atoms with Crippen LogP contribution in [-0.4, -0.2) is 10.1 Å². The lowest BCUT2D eigenvalue weighted by molar-refractivity contribution is 0.388. The molecular weight excluding hydrogens is 254 g/mol. The summed E-state index contributed by atoms with van der Waals surface area (Å²) in [6, 6.07) is 10.5. The second-order valence-corrected chi connectivity index (χ2v) is 4.43. The standard InChI is InChI=1S/C15H11N3O2/c16-7-12-14(9-2-1-5-18-8-9)11-4-3-10(19)6-13(11)20-15(12)17/h1-6,8,14,19H,17H2/t14-/m0/s1. The molecule has 2 heterocycles. The third-order valence-electron chi connectivity index (χ3n) is 3.22. The summed E-state index contributed by atoms with van der Waals surface area (Å²) in [4.78, 5) is 4.08. The van der Waals surface area contributed by atoms with E-state index in [4.69, 9.17) is 10.5 Å². The van der Waals surface area contributed by atoms with E-state index in [2.05, 4.69) is 11.1 Å². The van der Waals surface area contributed by atoms with Crippen LogP contribution in [0.1, 0.15) is 17.0 Å². The van der Waals surface area contributed by atoms with E-state index in [1.165, 1.54) is 6.07 Å². The van der Waals surface area contributed by atoms with Crippen molar-refractivity contribution in [3.8, 4) is 17.6 Å². The normalized spacial score (nSPS) is 17.1. The largest absolute Gasteiger partial charge is 0.508 e. The molecule has 0 bridgehead atoms. The maximum absolute atomic E-state index is 9.54. The van der Waals surface area contributed by atoms with E-state index in [-0.39, 0.29) is 17.6 Å². The molecule has 20 heavy (non-hydrogen) atoms. The van der Waals surface area contributed by atoms with Crippen molar-refractivity contribution in [2.75, 3.05) is 0 Å². The first kappa shape index (κ1) is 12.1. The molecule has 1 aromatic heterocycles. The Morgan fingerprint density at radius 3 is 2.90 bits per heavy atom. The van der Waals surface area contributed by atoms with Crippen molar-refractivity contribution >= 4 is 0 Å². The minimum absolute atomic E-state index is 0.0550. The Balaban J connectivity index is 2.23. The highest BCUT2D eigenvalue weighted by molar-refractivity contribution is 5.56. The molecule has 0 fully saturated rings. The Morgan fingerprint density at radius 1 is 1.35 bits per heavy atom. The van der Waals surface area contributed by atoms with Gasteiger partial charge in [0.25, 0.3) is 0 Å². The number of aromatic hydroxyl groups is 1. The molecule has 1 atom stereocenters. The van der Waals surface area contributed by atoms with Gasteiger partial charge >= 0.3 is 0 Å². The molecule has 2 aromatic rings. The number of rotatable bonds is 1. The van der Waals surface area contributed by atoms with Gasteiger partial charge in [0.15, 0.2) is 0 Å². The first-order valence-corrected chi connectivity index (χ1v) is 6.01. The van der Waals surface area contributed by atoms with Crippen LogP contribution in [0.5, 0.6) is 11.5 Å². The number of ether oxygens (including phenoxy) is 1. The average molecular weight is 265 g/mol. The Morgan fingerprint density at radius 2 is 2.20 bits per heavy atom. The lowest BCUT2D eigenvalue weighted by atomic mass is 9.84. The van der Waals surface area contributed by atoms with Crippen LogP contribution in [0.15, 0.2) is 54.2 Å². The fourth-order valence-electron chi connectivity index (χ4n) is 2.33. The summed E-state index contributed by atoms with van der Waals surface area (Å²) < 4.78 is 5.42. The number of hydrogen-bond acceptors (Lipinski definition) is 5. The fourth-order valence-corrected chi connectivity index (χ4v) is 2.33. The van der Waals surface area contributed by atoms with Crippen molar-refractivity contribution in [1.29, 1.82) is 5.26 Å². The molecule has 5 nitrogen and oxygen atoms in total. The first-order chi connectivity index (χ1) is 9.70. The average Bonchev–Trinajstić information content (AvgIpc) is 2.46. The predicted octanol–water partition coefficient (Wildman–Crippen LogP) is 2.01. The van der Waals surface area contributed by atoms with Crippen molar-refractivity contribution in [3.05, 3.63) is 65.3 Å². The number of nitriles is 1. The second kappa shape index (κ2) is 4.59. The minimum Gasteiger partial charge on any atom is -0.508 e. The number of benzene rings is 1. The van der Waals surface area contributed by atoms with Gasteiger partial charge in [-0.25, -0.2) is 0 Å². The molecule has 0 spiro atoms. The molecule has 0 saturated heterocycles. The van der Waals surface area contributed by atoms with Crippen molar-refractivity contribution in [3.63, 3.8) is 0 Å². The number of aromatic nitrogens is 1. The van der Waals surface area contributed by atoms with Crippen LogP contribution >= 0.6 is 0 Å². The van der Waals surface area contributed by atoms with Crippen LogP contribution in [0.2, 0.25) is 0 Å². The summed E-state index contributed by atoms with van der Waals surface area (Å²) in [5, 5.41) is 18.9. The molecule has 0 radical (unpaired) electrons. The van der Waals surface area contributed by atoms with Gasteiger partial charge in [0.1, 0.15) is 23.1 Å². The number of hydrogen-bond donors (Lipinski definition) is 2. The number of allylic oxidation sites excluding steroid dienone is 1. The molecule has 3 rings (SSSR count). The van der Waals surface area contributed by atoms with E-state index in [9.17, 15) is 10.4 Å². The molecule has 3 N–H and O–H groups in total. The monoisotopic (exact) mass is 265 g/mol. The van der Waals surface area contributed by atoms with Crippen molar-refractivity contribution in [1.82, 2.24) is 4.98 Å². The number of nitrogens with two attached hydrogens (primary N) is 1. The summed E-state index contributed by atoms with van der Waals surface area (Å²) >= 11 is 0. The van der Waals surface area contributed by atoms with E-state index in [1.807, 2.05) is 6.07 Å². The zero-order valence-corrected chi connectivity index (χ0v) is 10.4. The molecule has 0 unspecified atom stereocenters. The maximum Gasteiger partial charge on any atom is 0.205 e. The van der Waals surface area contributed by atoms with Crippen LogP contribution < -0.4 is 10.5 Å². The second-order valence-electron chi connectivity index (χ2n) is 4.43. The molecule has 1 aliphatic rings. The highest BCUT2D eigenvalue weighted by Crippen LogP contribution is 2.42. The summed E-state index contributed by atoms with van der Waals surface area (Å²) in [6.45, 7) is 0. The van der Waals surface area contributed by atoms with Gasteiger partial charge in [-0.3, -0.25) is 4.98 Å². The molecule has 0 saturated carbocycles. The van der Waals surface area contributed by atoms with Crippen LogP contribution in [0.4, 0.5) is 0 Å². The van der Waals surface area contributed by atoms with E-state index >= 15 is 0 Å². The Kier molecular flexibility index (Phi) is 2.77. The Hall–Kier alpha value is -3.00. The third-order valence-corrected chi connectivity index (χ3v) is 3.22. The summed E-state index contributed by atoms with van der Waals surface area (Å²) in [7, 11) is 0. The van der Waals surface area contributed by atoms with Gasteiger partial charge in [0, 0.05) is 24.0 Å². The molecule has 1 aliphatic heterocycles. The smallest absolute Gasteiger partial charge is 0.205 e. The van der Waals surface area contributed by atoms with Crippen LogP contribution in [0.3, 0.4) is 0 Å². The zero-order valence-electron chi connectivity index (χ0n) is 10.4. The quantitative estimate of drug-likeness (QED) is 0.822. The van der Waals surface area contributed by atoms with Crippen molar-refractivity contribution < 1.29 is 9.84 Å². The Labute approximate surface area is 115 Å². The highest BCUT2D eigenvalue weighted by Gasteiger charge is 2.30. The van der Waals surface area contributed by atoms with Gasteiger partial charge in [0.2, 0.25) is 5.88 Å². The number of phenolic OH excluding ortho intramolecular Hbond substituents is 1. The lowest BCUT2D eigenvalue weighted by Gasteiger charge is -2.26. The summed E-state index contributed by atoms with van der Waals surface area (Å²) in [6.07, 6.45) is 3.36. The summed E-state index contributed by atoms with van der Waals surface area (Å²) in [5.41, 5.74) is 7.79. The van der Waals surface area contributed by atoms with E-state index in [1.54, 1.807) is 30.6 Å². The molecule has 1 aromatic carbocycles. The van der Waals surface area contributed by atoms with Crippen LogP contribution in [0.25, 0.3) is 0 Å². The third kappa shape index (κ3) is 1.84. The number of phenols is 1. The number of fused-ring (bicyclic) bond motifs is 1. The van der Waals surface area contributed by atoms with Gasteiger partial charge in [-0.05, 0) is 17.7 Å². The van der Waals surface area contributed by atoms with Gasteiger partial charge in [-0.2, -0.15) is 5.26 Å². The van der Waals surface area contributed by atoms with Gasteiger partial charge in [-0.1, -0.05) is 12.1 Å². The molecular formula is C15H11N3O2. The SMILES string of the molecule is N#CC1=C(N)Oc2cc(O)ccc2[C@@H]1c1cccnc1. The summed E-state index contributed by atoms with van der Waals surface area (Å²) in [5.74, 6) is 0.259. The highest BCUT2D eigenvalue weighted by atomic mass is 16.5. The van der Waals surface area contributed by atoms with E-state index < -0.39 is 0 Å². The molecule has 5 heteroatoms.